The fourth-order valence-corrected chi connectivity index (χ4v) is 3.39. The second-order valence-electron chi connectivity index (χ2n) is 7.02. The Balaban J connectivity index is 1.51. The van der Waals surface area contributed by atoms with Gasteiger partial charge in [-0.1, -0.05) is 42.5 Å². The standard InChI is InChI=1S/C21H23F3N2O/c1-15(26-10-9-17-6-2-3-7-18(17)14-26)13-25-20(27)12-16-5-4-8-19(11-16)21(22,23)24/h2-8,11,15H,9-10,12-14H2,1H3,(H,25,27). The Hall–Kier alpha value is -2.34. The lowest BCUT2D eigenvalue weighted by Gasteiger charge is -2.33. The molecule has 144 valence electrons. The molecule has 2 aromatic rings. The largest absolute Gasteiger partial charge is 0.416 e. The van der Waals surface area contributed by atoms with Crippen LogP contribution in [0.25, 0.3) is 0 Å². The summed E-state index contributed by atoms with van der Waals surface area (Å²) in [5.41, 5.74) is 2.32. The lowest BCUT2D eigenvalue weighted by Crippen LogP contribution is -2.44. The Bertz CT molecular complexity index is 804. The number of amides is 1. The predicted molar refractivity (Wildman–Crippen MR) is 98.2 cm³/mol. The maximum Gasteiger partial charge on any atom is 0.416 e. The molecule has 1 unspecified atom stereocenters. The van der Waals surface area contributed by atoms with Crippen LogP contribution in [-0.2, 0) is 30.4 Å². The molecule has 3 nitrogen and oxygen atoms in total. The maximum atomic E-state index is 12.8. The fourth-order valence-electron chi connectivity index (χ4n) is 3.39. The van der Waals surface area contributed by atoms with Crippen LogP contribution in [0.1, 0.15) is 29.2 Å². The van der Waals surface area contributed by atoms with E-state index in [-0.39, 0.29) is 18.4 Å². The van der Waals surface area contributed by atoms with E-state index in [4.69, 9.17) is 0 Å². The number of rotatable bonds is 5. The molecule has 0 bridgehead atoms. The van der Waals surface area contributed by atoms with Gasteiger partial charge in [0.25, 0.3) is 0 Å². The third kappa shape index (κ3) is 5.10. The highest BCUT2D eigenvalue weighted by Gasteiger charge is 2.30. The molecule has 0 aliphatic carbocycles. The molecule has 6 heteroatoms. The van der Waals surface area contributed by atoms with Gasteiger partial charge >= 0.3 is 6.18 Å². The van der Waals surface area contributed by atoms with E-state index < -0.39 is 11.7 Å². The Morgan fingerprint density at radius 3 is 2.63 bits per heavy atom. The number of nitrogens with zero attached hydrogens (tertiary/aromatic N) is 1. The Morgan fingerprint density at radius 1 is 1.15 bits per heavy atom. The summed E-state index contributed by atoms with van der Waals surface area (Å²) in [5.74, 6) is -0.265. The van der Waals surface area contributed by atoms with Crippen molar-refractivity contribution in [1.82, 2.24) is 10.2 Å². The van der Waals surface area contributed by atoms with E-state index >= 15 is 0 Å². The highest BCUT2D eigenvalue weighted by molar-refractivity contribution is 5.78. The lowest BCUT2D eigenvalue weighted by molar-refractivity contribution is -0.137. The molecule has 0 saturated heterocycles. The van der Waals surface area contributed by atoms with Crippen LogP contribution in [0.2, 0.25) is 0 Å². The monoisotopic (exact) mass is 376 g/mol. The summed E-state index contributed by atoms with van der Waals surface area (Å²) >= 11 is 0. The summed E-state index contributed by atoms with van der Waals surface area (Å²) in [6.45, 7) is 4.31. The lowest BCUT2D eigenvalue weighted by atomic mass is 9.99. The average Bonchev–Trinajstić information content (AvgIpc) is 2.65. The van der Waals surface area contributed by atoms with Crippen molar-refractivity contribution in [2.75, 3.05) is 13.1 Å². The van der Waals surface area contributed by atoms with E-state index in [0.29, 0.717) is 12.1 Å². The number of hydrogen-bond donors (Lipinski definition) is 1. The zero-order chi connectivity index (χ0) is 19.4. The molecule has 0 fully saturated rings. The normalized spacial score (nSPS) is 15.9. The zero-order valence-corrected chi connectivity index (χ0v) is 15.2. The molecule has 27 heavy (non-hydrogen) atoms. The van der Waals surface area contributed by atoms with Crippen LogP contribution in [0, 0.1) is 0 Å². The van der Waals surface area contributed by atoms with Crippen LogP contribution < -0.4 is 5.32 Å². The molecule has 0 radical (unpaired) electrons. The molecule has 1 amide bonds. The minimum atomic E-state index is -4.40. The topological polar surface area (TPSA) is 32.3 Å². The van der Waals surface area contributed by atoms with Crippen LogP contribution in [0.4, 0.5) is 13.2 Å². The summed E-state index contributed by atoms with van der Waals surface area (Å²) in [5, 5.41) is 2.85. The van der Waals surface area contributed by atoms with Crippen LogP contribution >= 0.6 is 0 Å². The third-order valence-corrected chi connectivity index (χ3v) is 5.00. The Morgan fingerprint density at radius 2 is 1.89 bits per heavy atom. The van der Waals surface area contributed by atoms with Crippen molar-refractivity contribution in [2.24, 2.45) is 0 Å². The SMILES string of the molecule is CC(CNC(=O)Cc1cccc(C(F)(F)F)c1)N1CCc2ccccc2C1. The number of carbonyl (C=O) groups is 1. The van der Waals surface area contributed by atoms with Gasteiger partial charge in [0.05, 0.1) is 12.0 Å². The molecule has 1 atom stereocenters. The highest BCUT2D eigenvalue weighted by atomic mass is 19.4. The van der Waals surface area contributed by atoms with Crippen LogP contribution in [0.3, 0.4) is 0 Å². The summed E-state index contributed by atoms with van der Waals surface area (Å²) in [7, 11) is 0. The molecule has 0 spiro atoms. The number of alkyl halides is 3. The van der Waals surface area contributed by atoms with Crippen LogP contribution in [-0.4, -0.2) is 29.9 Å². The number of hydrogen-bond acceptors (Lipinski definition) is 2. The summed E-state index contributed by atoms with van der Waals surface area (Å²) in [6, 6.07) is 13.4. The Labute approximate surface area is 157 Å². The summed E-state index contributed by atoms with van der Waals surface area (Å²) in [4.78, 5) is 14.5. The number of nitrogens with one attached hydrogen (secondary N) is 1. The van der Waals surface area contributed by atoms with Gasteiger partial charge in [0, 0.05) is 25.7 Å². The van der Waals surface area contributed by atoms with Gasteiger partial charge in [-0.2, -0.15) is 13.2 Å². The van der Waals surface area contributed by atoms with Crippen molar-refractivity contribution < 1.29 is 18.0 Å². The van der Waals surface area contributed by atoms with E-state index in [2.05, 4.69) is 29.3 Å². The quantitative estimate of drug-likeness (QED) is 0.861. The summed E-state index contributed by atoms with van der Waals surface area (Å²) < 4.78 is 38.3. The smallest absolute Gasteiger partial charge is 0.354 e. The van der Waals surface area contributed by atoms with Gasteiger partial charge in [0.1, 0.15) is 0 Å². The molecule has 3 rings (SSSR count). The molecule has 1 heterocycles. The maximum absolute atomic E-state index is 12.8. The molecule has 0 aromatic heterocycles. The van der Waals surface area contributed by atoms with Crippen molar-refractivity contribution in [3.63, 3.8) is 0 Å². The van der Waals surface area contributed by atoms with Crippen molar-refractivity contribution in [2.45, 2.75) is 38.5 Å². The van der Waals surface area contributed by atoms with E-state index in [1.807, 2.05) is 12.1 Å². The van der Waals surface area contributed by atoms with Crippen molar-refractivity contribution in [3.05, 3.63) is 70.8 Å². The average molecular weight is 376 g/mol. The molecule has 0 saturated carbocycles. The second-order valence-corrected chi connectivity index (χ2v) is 7.02. The minimum Gasteiger partial charge on any atom is -0.354 e. The molecular weight excluding hydrogens is 353 g/mol. The zero-order valence-electron chi connectivity index (χ0n) is 15.2. The van der Waals surface area contributed by atoms with Gasteiger partial charge in [-0.05, 0) is 36.1 Å². The van der Waals surface area contributed by atoms with E-state index in [1.165, 1.54) is 17.2 Å². The number of benzene rings is 2. The molecular formula is C21H23F3N2O. The fraction of sp³-hybridized carbons (Fsp3) is 0.381. The van der Waals surface area contributed by atoms with Crippen molar-refractivity contribution in [3.8, 4) is 0 Å². The number of carbonyl (C=O) groups excluding carboxylic acids is 1. The molecule has 1 N–H and O–H groups in total. The van der Waals surface area contributed by atoms with Crippen LogP contribution in [0.15, 0.2) is 48.5 Å². The molecule has 1 aliphatic rings. The summed E-state index contributed by atoms with van der Waals surface area (Å²) in [6.07, 6.45) is -3.47. The van der Waals surface area contributed by atoms with Gasteiger partial charge in [0.2, 0.25) is 5.91 Å². The first-order valence-corrected chi connectivity index (χ1v) is 9.06. The van der Waals surface area contributed by atoms with Gasteiger partial charge in [0.15, 0.2) is 0 Å². The van der Waals surface area contributed by atoms with Gasteiger partial charge in [-0.15, -0.1) is 0 Å². The van der Waals surface area contributed by atoms with Crippen molar-refractivity contribution >= 4 is 5.91 Å². The third-order valence-electron chi connectivity index (χ3n) is 5.00. The highest BCUT2D eigenvalue weighted by Crippen LogP contribution is 2.29. The number of halogens is 3. The second kappa shape index (κ2) is 8.13. The first-order chi connectivity index (χ1) is 12.8. The van der Waals surface area contributed by atoms with E-state index in [1.54, 1.807) is 6.07 Å². The molecule has 1 aliphatic heterocycles. The molecule has 2 aromatic carbocycles. The first kappa shape index (κ1) is 19.4. The van der Waals surface area contributed by atoms with Crippen molar-refractivity contribution in [1.29, 1.82) is 0 Å². The van der Waals surface area contributed by atoms with E-state index in [9.17, 15) is 18.0 Å². The van der Waals surface area contributed by atoms with Gasteiger partial charge in [-0.3, -0.25) is 9.69 Å². The Kier molecular flexibility index (Phi) is 5.85. The number of fused-ring (bicyclic) bond motifs is 1. The van der Waals surface area contributed by atoms with Gasteiger partial charge < -0.3 is 5.32 Å². The minimum absolute atomic E-state index is 0.0561. The predicted octanol–water partition coefficient (Wildman–Crippen LogP) is 3.81. The first-order valence-electron chi connectivity index (χ1n) is 9.06. The van der Waals surface area contributed by atoms with Crippen LogP contribution in [0.5, 0.6) is 0 Å². The van der Waals surface area contributed by atoms with Gasteiger partial charge in [-0.25, -0.2) is 0 Å². The van der Waals surface area contributed by atoms with E-state index in [0.717, 1.165) is 31.6 Å².